The number of carbonyl (C=O) groups is 2. The molecule has 8 heteroatoms. The lowest BCUT2D eigenvalue weighted by Gasteiger charge is -2.15. The van der Waals surface area contributed by atoms with Crippen LogP contribution in [0.3, 0.4) is 0 Å². The summed E-state index contributed by atoms with van der Waals surface area (Å²) in [6.07, 6.45) is -0.0124. The van der Waals surface area contributed by atoms with Crippen LogP contribution in [0.5, 0.6) is 0 Å². The van der Waals surface area contributed by atoms with Gasteiger partial charge in [-0.25, -0.2) is 8.42 Å². The van der Waals surface area contributed by atoms with Gasteiger partial charge in [-0.3, -0.25) is 9.59 Å². The van der Waals surface area contributed by atoms with E-state index in [0.717, 1.165) is 0 Å². The molecule has 0 fully saturated rings. The molecular weight excluding hydrogens is 272 g/mol. The van der Waals surface area contributed by atoms with E-state index in [9.17, 15) is 18.0 Å². The van der Waals surface area contributed by atoms with Gasteiger partial charge in [-0.05, 0) is 6.92 Å². The number of nitriles is 1. The van der Waals surface area contributed by atoms with Gasteiger partial charge in [0.05, 0.1) is 24.8 Å². The third-order valence-corrected chi connectivity index (χ3v) is 3.76. The van der Waals surface area contributed by atoms with Crippen LogP contribution in [0.25, 0.3) is 0 Å². The number of rotatable bonds is 8. The fourth-order valence-corrected chi connectivity index (χ4v) is 2.30. The summed E-state index contributed by atoms with van der Waals surface area (Å²) < 4.78 is 27.6. The molecule has 0 aromatic heterocycles. The van der Waals surface area contributed by atoms with Crippen LogP contribution in [-0.4, -0.2) is 56.9 Å². The fourth-order valence-electron chi connectivity index (χ4n) is 1.23. The van der Waals surface area contributed by atoms with Gasteiger partial charge >= 0.3 is 5.97 Å². The van der Waals surface area contributed by atoms with Crippen molar-refractivity contribution in [3.63, 3.8) is 0 Å². The molecule has 0 unspecified atom stereocenters. The number of hydrogen-bond acceptors (Lipinski definition) is 6. The molecule has 7 nitrogen and oxygen atoms in total. The lowest BCUT2D eigenvalue weighted by Crippen LogP contribution is -2.30. The largest absolute Gasteiger partial charge is 0.465 e. The minimum atomic E-state index is -3.64. The minimum absolute atomic E-state index is 0.115. The van der Waals surface area contributed by atoms with E-state index in [0.29, 0.717) is 0 Å². The van der Waals surface area contributed by atoms with Crippen molar-refractivity contribution in [2.45, 2.75) is 19.8 Å². The predicted octanol–water partition coefficient (Wildman–Crippen LogP) is -0.274. The van der Waals surface area contributed by atoms with Crippen LogP contribution >= 0.6 is 0 Å². The maximum absolute atomic E-state index is 11.5. The zero-order valence-electron chi connectivity index (χ0n) is 11.1. The standard InChI is InChI=1S/C11H18N2O5S/c1-3-18-11(15)9-19(16,17)8-5-10(14)13(2)7-4-6-12/h3-5,7-9H2,1-2H3. The Hall–Kier alpha value is -1.62. The fraction of sp³-hybridized carbons (Fsp3) is 0.727. The second-order valence-electron chi connectivity index (χ2n) is 3.87. The number of ether oxygens (including phenoxy) is 1. The van der Waals surface area contributed by atoms with Gasteiger partial charge in [0.15, 0.2) is 9.84 Å². The van der Waals surface area contributed by atoms with Crippen molar-refractivity contribution in [3.05, 3.63) is 0 Å². The lowest BCUT2D eigenvalue weighted by molar-refractivity contribution is -0.140. The Kier molecular flexibility index (Phi) is 7.75. The SMILES string of the molecule is CCOC(=O)CS(=O)(=O)CCC(=O)N(C)CCC#N. The van der Waals surface area contributed by atoms with Crippen LogP contribution in [0.1, 0.15) is 19.8 Å². The minimum Gasteiger partial charge on any atom is -0.465 e. The summed E-state index contributed by atoms with van der Waals surface area (Å²) in [4.78, 5) is 23.9. The zero-order valence-corrected chi connectivity index (χ0v) is 11.9. The molecule has 0 radical (unpaired) electrons. The van der Waals surface area contributed by atoms with Gasteiger partial charge in [0, 0.05) is 20.0 Å². The molecular formula is C11H18N2O5S. The summed E-state index contributed by atoms with van der Waals surface area (Å²) >= 11 is 0. The first-order valence-corrected chi connectivity index (χ1v) is 7.61. The van der Waals surface area contributed by atoms with E-state index in [-0.39, 0.29) is 31.9 Å². The molecule has 19 heavy (non-hydrogen) atoms. The molecule has 0 rings (SSSR count). The Morgan fingerprint density at radius 3 is 2.53 bits per heavy atom. The van der Waals surface area contributed by atoms with Crippen LogP contribution in [0, 0.1) is 11.3 Å². The number of carbonyl (C=O) groups excluding carboxylic acids is 2. The molecule has 0 spiro atoms. The van der Waals surface area contributed by atoms with Crippen molar-refractivity contribution in [1.82, 2.24) is 4.90 Å². The number of esters is 1. The third-order valence-electron chi connectivity index (χ3n) is 2.25. The van der Waals surface area contributed by atoms with Gasteiger partial charge in [0.1, 0.15) is 5.75 Å². The highest BCUT2D eigenvalue weighted by atomic mass is 32.2. The van der Waals surface area contributed by atoms with E-state index >= 15 is 0 Å². The van der Waals surface area contributed by atoms with E-state index in [2.05, 4.69) is 4.74 Å². The van der Waals surface area contributed by atoms with Crippen molar-refractivity contribution >= 4 is 21.7 Å². The Labute approximate surface area is 113 Å². The molecule has 1 amide bonds. The summed E-state index contributed by atoms with van der Waals surface area (Å²) in [6.45, 7) is 1.95. The summed E-state index contributed by atoms with van der Waals surface area (Å²) in [5.41, 5.74) is 0. The Morgan fingerprint density at radius 1 is 1.37 bits per heavy atom. The van der Waals surface area contributed by atoms with Crippen molar-refractivity contribution in [2.75, 3.05) is 31.7 Å². The predicted molar refractivity (Wildman–Crippen MR) is 67.8 cm³/mol. The number of hydrogen-bond donors (Lipinski definition) is 0. The molecule has 0 bridgehead atoms. The Balaban J connectivity index is 4.20. The van der Waals surface area contributed by atoms with Gasteiger partial charge in [0.25, 0.3) is 0 Å². The summed E-state index contributed by atoms with van der Waals surface area (Å²) in [5.74, 6) is -2.30. The van der Waals surface area contributed by atoms with Crippen LogP contribution < -0.4 is 0 Å². The van der Waals surface area contributed by atoms with E-state index < -0.39 is 27.3 Å². The molecule has 0 heterocycles. The van der Waals surface area contributed by atoms with Gasteiger partial charge in [-0.15, -0.1) is 0 Å². The lowest BCUT2D eigenvalue weighted by atomic mass is 10.3. The normalized spacial score (nSPS) is 10.6. The monoisotopic (exact) mass is 290 g/mol. The number of amides is 1. The van der Waals surface area contributed by atoms with Gasteiger partial charge in [-0.2, -0.15) is 5.26 Å². The van der Waals surface area contributed by atoms with E-state index in [1.807, 2.05) is 6.07 Å². The smallest absolute Gasteiger partial charge is 0.321 e. The molecule has 108 valence electrons. The second kappa shape index (κ2) is 8.48. The van der Waals surface area contributed by atoms with Crippen molar-refractivity contribution in [2.24, 2.45) is 0 Å². The topological polar surface area (TPSA) is 105 Å². The second-order valence-corrected chi connectivity index (χ2v) is 6.05. The number of nitrogens with zero attached hydrogens (tertiary/aromatic N) is 2. The van der Waals surface area contributed by atoms with Crippen LogP contribution in [-0.2, 0) is 24.2 Å². The van der Waals surface area contributed by atoms with Crippen molar-refractivity contribution in [1.29, 1.82) is 5.26 Å². The molecule has 0 aliphatic carbocycles. The molecule has 0 aromatic rings. The zero-order chi connectivity index (χ0) is 14.9. The Morgan fingerprint density at radius 2 is 2.00 bits per heavy atom. The molecule has 0 saturated heterocycles. The number of sulfone groups is 1. The molecule has 0 N–H and O–H groups in total. The highest BCUT2D eigenvalue weighted by Gasteiger charge is 2.20. The summed E-state index contributed by atoms with van der Waals surface area (Å²) in [5, 5.41) is 8.37. The Bertz CT molecular complexity index is 452. The first-order valence-electron chi connectivity index (χ1n) is 5.79. The first kappa shape index (κ1) is 17.4. The van der Waals surface area contributed by atoms with Crippen molar-refractivity contribution in [3.8, 4) is 6.07 Å². The maximum Gasteiger partial charge on any atom is 0.321 e. The van der Waals surface area contributed by atoms with Gasteiger partial charge < -0.3 is 9.64 Å². The molecule has 0 aliphatic heterocycles. The van der Waals surface area contributed by atoms with Crippen molar-refractivity contribution < 1.29 is 22.7 Å². The van der Waals surface area contributed by atoms with E-state index in [1.165, 1.54) is 11.9 Å². The first-order chi connectivity index (χ1) is 8.82. The molecule has 0 saturated carbocycles. The maximum atomic E-state index is 11.5. The van der Waals surface area contributed by atoms with Crippen LogP contribution in [0.2, 0.25) is 0 Å². The molecule has 0 atom stereocenters. The molecule has 0 aromatic carbocycles. The molecule has 0 aliphatic rings. The third kappa shape index (κ3) is 8.15. The van der Waals surface area contributed by atoms with E-state index in [4.69, 9.17) is 5.26 Å². The highest BCUT2D eigenvalue weighted by molar-refractivity contribution is 7.92. The van der Waals surface area contributed by atoms with Gasteiger partial charge in [0.2, 0.25) is 5.91 Å². The van der Waals surface area contributed by atoms with Crippen LogP contribution in [0.4, 0.5) is 0 Å². The summed E-state index contributed by atoms with van der Waals surface area (Å²) in [6, 6.07) is 1.89. The van der Waals surface area contributed by atoms with Gasteiger partial charge in [-0.1, -0.05) is 0 Å². The summed E-state index contributed by atoms with van der Waals surface area (Å²) in [7, 11) is -2.14. The van der Waals surface area contributed by atoms with Crippen LogP contribution in [0.15, 0.2) is 0 Å². The van der Waals surface area contributed by atoms with E-state index in [1.54, 1.807) is 6.92 Å². The highest BCUT2D eigenvalue weighted by Crippen LogP contribution is 2.00. The average Bonchev–Trinajstić information content (AvgIpc) is 2.32. The quantitative estimate of drug-likeness (QED) is 0.570. The average molecular weight is 290 g/mol.